The molecule has 154 valence electrons. The third-order valence-corrected chi connectivity index (χ3v) is 3.89. The number of alkyl halides is 2. The number of carbonyl (C=O) groups excluding carboxylic acids is 3. The molecule has 0 heterocycles. The van der Waals surface area contributed by atoms with Crippen molar-refractivity contribution >= 4 is 17.8 Å². The van der Waals surface area contributed by atoms with Gasteiger partial charge in [-0.3, -0.25) is 14.4 Å². The van der Waals surface area contributed by atoms with Gasteiger partial charge >= 0.3 is 12.6 Å². The van der Waals surface area contributed by atoms with Crippen molar-refractivity contribution in [2.24, 2.45) is 0 Å². The molecular formula is C20H20F2N2O5. The topological polar surface area (TPSA) is 93.7 Å². The number of amides is 2. The second-order valence-corrected chi connectivity index (χ2v) is 5.90. The van der Waals surface area contributed by atoms with E-state index >= 15 is 0 Å². The molecule has 2 amide bonds. The maximum absolute atomic E-state index is 12.2. The van der Waals surface area contributed by atoms with Crippen LogP contribution < -0.4 is 15.4 Å². The Kier molecular flexibility index (Phi) is 8.08. The molecule has 2 aromatic carbocycles. The highest BCUT2D eigenvalue weighted by molar-refractivity contribution is 5.96. The summed E-state index contributed by atoms with van der Waals surface area (Å²) in [6.07, 6.45) is -0.0637. The molecule has 0 aliphatic rings. The van der Waals surface area contributed by atoms with Crippen LogP contribution >= 0.6 is 0 Å². The lowest BCUT2D eigenvalue weighted by molar-refractivity contribution is -0.141. The van der Waals surface area contributed by atoms with Crippen molar-refractivity contribution in [3.8, 4) is 5.75 Å². The van der Waals surface area contributed by atoms with Crippen LogP contribution in [0.2, 0.25) is 0 Å². The van der Waals surface area contributed by atoms with Gasteiger partial charge in [0, 0.05) is 5.56 Å². The monoisotopic (exact) mass is 406 g/mol. The molecule has 0 saturated heterocycles. The molecule has 1 atom stereocenters. The summed E-state index contributed by atoms with van der Waals surface area (Å²) in [5.41, 5.74) is 0.890. The minimum absolute atomic E-state index is 0.0637. The highest BCUT2D eigenvalue weighted by Crippen LogP contribution is 2.17. The van der Waals surface area contributed by atoms with Crippen molar-refractivity contribution < 1.29 is 32.6 Å². The Labute approximate surface area is 166 Å². The summed E-state index contributed by atoms with van der Waals surface area (Å²) >= 11 is 0. The highest BCUT2D eigenvalue weighted by atomic mass is 19.3. The Morgan fingerprint density at radius 2 is 1.66 bits per heavy atom. The average molecular weight is 406 g/mol. The molecule has 0 bridgehead atoms. The van der Waals surface area contributed by atoms with Gasteiger partial charge in [0.25, 0.3) is 5.91 Å². The van der Waals surface area contributed by atoms with E-state index < -0.39 is 30.4 Å². The van der Waals surface area contributed by atoms with Gasteiger partial charge in [-0.1, -0.05) is 30.3 Å². The van der Waals surface area contributed by atoms with Gasteiger partial charge in [-0.2, -0.15) is 8.78 Å². The molecule has 0 aliphatic carbocycles. The number of rotatable bonds is 9. The van der Waals surface area contributed by atoms with E-state index in [-0.39, 0.29) is 24.3 Å². The summed E-state index contributed by atoms with van der Waals surface area (Å²) in [5.74, 6) is -1.64. The fraction of sp³-hybridized carbons (Fsp3) is 0.250. The van der Waals surface area contributed by atoms with Crippen LogP contribution in [0.25, 0.3) is 0 Å². The number of benzene rings is 2. The highest BCUT2D eigenvalue weighted by Gasteiger charge is 2.19. The quantitative estimate of drug-likeness (QED) is 0.624. The lowest BCUT2D eigenvalue weighted by Crippen LogP contribution is -2.39. The smallest absolute Gasteiger partial charge is 0.387 e. The van der Waals surface area contributed by atoms with E-state index in [0.29, 0.717) is 5.56 Å². The van der Waals surface area contributed by atoms with Crippen molar-refractivity contribution in [1.29, 1.82) is 0 Å². The van der Waals surface area contributed by atoms with Crippen LogP contribution in [0.1, 0.15) is 28.4 Å². The number of esters is 1. The molecule has 7 nitrogen and oxygen atoms in total. The van der Waals surface area contributed by atoms with E-state index in [4.69, 9.17) is 0 Å². The minimum Gasteiger partial charge on any atom is -0.469 e. The Hall–Kier alpha value is -3.49. The Morgan fingerprint density at radius 3 is 2.24 bits per heavy atom. The molecule has 0 spiro atoms. The first-order chi connectivity index (χ1) is 13.9. The summed E-state index contributed by atoms with van der Waals surface area (Å²) in [5, 5.41) is 5.11. The maximum atomic E-state index is 12.2. The second kappa shape index (κ2) is 10.7. The largest absolute Gasteiger partial charge is 0.469 e. The summed E-state index contributed by atoms with van der Waals surface area (Å²) < 4.78 is 33.1. The zero-order valence-electron chi connectivity index (χ0n) is 15.6. The van der Waals surface area contributed by atoms with Gasteiger partial charge < -0.3 is 20.1 Å². The van der Waals surface area contributed by atoms with E-state index in [1.807, 2.05) is 0 Å². The lowest BCUT2D eigenvalue weighted by atomic mass is 10.0. The SMILES string of the molecule is COC(=O)C[C@@H](NC(=O)CNC(=O)c1ccc(OC(F)F)cc1)c1ccccc1. The van der Waals surface area contributed by atoms with E-state index in [0.717, 1.165) is 0 Å². The zero-order chi connectivity index (χ0) is 21.2. The van der Waals surface area contributed by atoms with Gasteiger partial charge in [-0.15, -0.1) is 0 Å². The predicted octanol–water partition coefficient (Wildman–Crippen LogP) is 2.44. The molecule has 2 rings (SSSR count). The van der Waals surface area contributed by atoms with Crippen LogP contribution in [0.4, 0.5) is 8.78 Å². The van der Waals surface area contributed by atoms with Gasteiger partial charge in [-0.05, 0) is 29.8 Å². The number of hydrogen-bond acceptors (Lipinski definition) is 5. The third-order valence-electron chi connectivity index (χ3n) is 3.89. The van der Waals surface area contributed by atoms with Crippen LogP contribution in [0.3, 0.4) is 0 Å². The Morgan fingerprint density at radius 1 is 1.00 bits per heavy atom. The molecule has 9 heteroatoms. The predicted molar refractivity (Wildman–Crippen MR) is 99.4 cm³/mol. The number of ether oxygens (including phenoxy) is 2. The van der Waals surface area contributed by atoms with Gasteiger partial charge in [0.2, 0.25) is 5.91 Å². The van der Waals surface area contributed by atoms with Gasteiger partial charge in [0.05, 0.1) is 26.1 Å². The number of nitrogens with one attached hydrogen (secondary N) is 2. The number of halogens is 2. The van der Waals surface area contributed by atoms with Crippen LogP contribution in [0.15, 0.2) is 54.6 Å². The fourth-order valence-corrected chi connectivity index (χ4v) is 2.48. The van der Waals surface area contributed by atoms with Crippen molar-refractivity contribution in [2.75, 3.05) is 13.7 Å². The van der Waals surface area contributed by atoms with E-state index in [2.05, 4.69) is 20.1 Å². The van der Waals surface area contributed by atoms with E-state index in [9.17, 15) is 23.2 Å². The molecular weight excluding hydrogens is 386 g/mol. The molecule has 0 fully saturated rings. The Balaban J connectivity index is 1.92. The van der Waals surface area contributed by atoms with Crippen LogP contribution in [0.5, 0.6) is 5.75 Å². The first-order valence-electron chi connectivity index (χ1n) is 8.63. The van der Waals surface area contributed by atoms with Crippen molar-refractivity contribution in [1.82, 2.24) is 10.6 Å². The van der Waals surface area contributed by atoms with Gasteiger partial charge in [-0.25, -0.2) is 0 Å². The first-order valence-corrected chi connectivity index (χ1v) is 8.63. The van der Waals surface area contributed by atoms with Crippen molar-refractivity contribution in [3.63, 3.8) is 0 Å². The molecule has 2 N–H and O–H groups in total. The maximum Gasteiger partial charge on any atom is 0.387 e. The third kappa shape index (κ3) is 7.21. The summed E-state index contributed by atoms with van der Waals surface area (Å²) in [6.45, 7) is -3.29. The van der Waals surface area contributed by atoms with Crippen LogP contribution in [0, 0.1) is 0 Å². The number of hydrogen-bond donors (Lipinski definition) is 2. The Bertz CT molecular complexity index is 829. The minimum atomic E-state index is -2.96. The van der Waals surface area contributed by atoms with Crippen molar-refractivity contribution in [2.45, 2.75) is 19.1 Å². The summed E-state index contributed by atoms with van der Waals surface area (Å²) in [6, 6.07) is 13.3. The molecule has 0 aromatic heterocycles. The molecule has 2 aromatic rings. The van der Waals surface area contributed by atoms with Crippen molar-refractivity contribution in [3.05, 3.63) is 65.7 Å². The summed E-state index contributed by atoms with van der Waals surface area (Å²) in [4.78, 5) is 36.0. The zero-order valence-corrected chi connectivity index (χ0v) is 15.6. The fourth-order valence-electron chi connectivity index (χ4n) is 2.48. The molecule has 0 aliphatic heterocycles. The van der Waals surface area contributed by atoms with Gasteiger partial charge in [0.15, 0.2) is 0 Å². The first kappa shape index (κ1) is 21.8. The average Bonchev–Trinajstić information content (AvgIpc) is 2.72. The standard InChI is InChI=1S/C20H20F2N2O5/c1-28-18(26)11-16(13-5-3-2-4-6-13)24-17(25)12-23-19(27)14-7-9-15(10-8-14)29-20(21)22/h2-10,16,20H,11-12H2,1H3,(H,23,27)(H,24,25)/t16-/m1/s1. The van der Waals surface area contributed by atoms with Crippen LogP contribution in [-0.4, -0.2) is 38.0 Å². The molecule has 0 radical (unpaired) electrons. The normalized spacial score (nSPS) is 11.4. The second-order valence-electron chi connectivity index (χ2n) is 5.90. The summed E-state index contributed by atoms with van der Waals surface area (Å²) in [7, 11) is 1.25. The van der Waals surface area contributed by atoms with E-state index in [1.54, 1.807) is 30.3 Å². The number of carbonyl (C=O) groups is 3. The molecule has 0 saturated carbocycles. The number of methoxy groups -OCH3 is 1. The van der Waals surface area contributed by atoms with Gasteiger partial charge in [0.1, 0.15) is 5.75 Å². The lowest BCUT2D eigenvalue weighted by Gasteiger charge is -2.18. The molecule has 0 unspecified atom stereocenters. The van der Waals surface area contributed by atoms with E-state index in [1.165, 1.54) is 31.4 Å². The van der Waals surface area contributed by atoms with Crippen LogP contribution in [-0.2, 0) is 14.3 Å². The molecule has 29 heavy (non-hydrogen) atoms.